The zero-order valence-corrected chi connectivity index (χ0v) is 12.3. The van der Waals surface area contributed by atoms with Crippen molar-refractivity contribution in [2.75, 3.05) is 22.3 Å². The van der Waals surface area contributed by atoms with E-state index in [0.717, 1.165) is 47.1 Å². The van der Waals surface area contributed by atoms with Gasteiger partial charge in [0.05, 0.1) is 17.6 Å². The molecule has 3 heterocycles. The van der Waals surface area contributed by atoms with E-state index in [0.29, 0.717) is 0 Å². The van der Waals surface area contributed by atoms with E-state index in [2.05, 4.69) is 23.3 Å². The van der Waals surface area contributed by atoms with E-state index in [4.69, 9.17) is 16.0 Å². The van der Waals surface area contributed by atoms with Crippen LogP contribution >= 0.6 is 23.7 Å². The predicted octanol–water partition coefficient (Wildman–Crippen LogP) is 1.63. The third-order valence-corrected chi connectivity index (χ3v) is 5.17. The van der Waals surface area contributed by atoms with Crippen LogP contribution in [-0.2, 0) is 0 Å². The number of hydrogen-bond acceptors (Lipinski definition) is 7. The second-order valence-electron chi connectivity index (χ2n) is 4.66. The molecule has 1 unspecified atom stereocenters. The number of nitrogens with zero attached hydrogens (tertiary/aromatic N) is 4. The van der Waals surface area contributed by atoms with Gasteiger partial charge in [-0.15, -0.1) is 0 Å². The van der Waals surface area contributed by atoms with Crippen molar-refractivity contribution in [3.63, 3.8) is 0 Å². The first-order chi connectivity index (χ1) is 9.20. The van der Waals surface area contributed by atoms with Gasteiger partial charge in [-0.05, 0) is 31.4 Å². The summed E-state index contributed by atoms with van der Waals surface area (Å²) in [6.45, 7) is 4.22. The first-order valence-electron chi connectivity index (χ1n) is 6.25. The van der Waals surface area contributed by atoms with Crippen LogP contribution in [0.25, 0.3) is 0 Å². The Morgan fingerprint density at radius 1 is 1.50 bits per heavy atom. The van der Waals surface area contributed by atoms with Crippen molar-refractivity contribution in [2.24, 2.45) is 5.73 Å². The first-order valence-corrected chi connectivity index (χ1v) is 7.90. The molecular weight excluding hydrogens is 317 g/mol. The number of nitrogens with two attached hydrogens (primary N) is 1. The SMILES string of the molecule is Cc1cc(N2CCCC2)nc2c1N(SC#N)C(N)S2.[KH]. The minimum atomic E-state index is -0.236. The molecule has 8 heteroatoms. The fraction of sp³-hybridized carbons (Fsp3) is 0.500. The molecule has 2 aliphatic rings. The standard InChI is InChI=1S/C12H15N5S2.K.H/c1-8-6-9(16-4-2-3-5-16)15-11-10(8)17(18-7-13)12(14)19-11;;/h6,12H,2-5,14H2,1H3;;. The Morgan fingerprint density at radius 3 is 2.85 bits per heavy atom. The van der Waals surface area contributed by atoms with Gasteiger partial charge in [-0.3, -0.25) is 4.31 Å². The Hall–Kier alpha value is 0.536. The second kappa shape index (κ2) is 7.20. The maximum absolute atomic E-state index is 8.87. The molecule has 0 amide bonds. The number of rotatable bonds is 2. The van der Waals surface area contributed by atoms with E-state index in [1.165, 1.54) is 24.6 Å². The van der Waals surface area contributed by atoms with E-state index >= 15 is 0 Å². The van der Waals surface area contributed by atoms with Crippen LogP contribution in [0, 0.1) is 17.6 Å². The summed E-state index contributed by atoms with van der Waals surface area (Å²) in [5.74, 6) is 1.04. The summed E-state index contributed by atoms with van der Waals surface area (Å²) in [6, 6.07) is 2.10. The number of pyridine rings is 1. The van der Waals surface area contributed by atoms with Crippen LogP contribution in [0.1, 0.15) is 18.4 Å². The number of aromatic nitrogens is 1. The Bertz CT molecular complexity index is 541. The molecule has 2 aliphatic heterocycles. The number of fused-ring (bicyclic) bond motifs is 1. The normalized spacial score (nSPS) is 20.6. The number of nitriles is 1. The molecule has 0 aromatic carbocycles. The summed E-state index contributed by atoms with van der Waals surface area (Å²) in [5.41, 5.74) is 7.94. The van der Waals surface area contributed by atoms with Crippen LogP contribution in [0.2, 0.25) is 0 Å². The van der Waals surface area contributed by atoms with Gasteiger partial charge in [-0.2, -0.15) is 5.26 Å². The van der Waals surface area contributed by atoms with E-state index in [1.807, 2.05) is 4.31 Å². The third-order valence-electron chi connectivity index (χ3n) is 3.39. The molecule has 3 rings (SSSR count). The summed E-state index contributed by atoms with van der Waals surface area (Å²) < 4.78 is 1.84. The molecule has 1 aromatic heterocycles. The van der Waals surface area contributed by atoms with Crippen LogP contribution in [-0.4, -0.2) is 75.0 Å². The van der Waals surface area contributed by atoms with Gasteiger partial charge in [-0.25, -0.2) is 4.98 Å². The van der Waals surface area contributed by atoms with E-state index in [-0.39, 0.29) is 56.9 Å². The molecule has 0 bridgehead atoms. The van der Waals surface area contributed by atoms with Crippen molar-refractivity contribution in [3.05, 3.63) is 11.6 Å². The van der Waals surface area contributed by atoms with Gasteiger partial charge >= 0.3 is 51.4 Å². The summed E-state index contributed by atoms with van der Waals surface area (Å²) in [6.07, 6.45) is 2.47. The average Bonchev–Trinajstić information content (AvgIpc) is 2.98. The summed E-state index contributed by atoms with van der Waals surface area (Å²) >= 11 is 2.60. The molecule has 0 aliphatic carbocycles. The zero-order chi connectivity index (χ0) is 13.4. The Labute approximate surface area is 170 Å². The van der Waals surface area contributed by atoms with Crippen LogP contribution < -0.4 is 14.9 Å². The summed E-state index contributed by atoms with van der Waals surface area (Å²) in [4.78, 5) is 7.04. The molecule has 1 aromatic rings. The van der Waals surface area contributed by atoms with Crippen molar-refractivity contribution in [1.29, 1.82) is 5.26 Å². The molecule has 102 valence electrons. The van der Waals surface area contributed by atoms with E-state index < -0.39 is 0 Å². The Kier molecular flexibility index (Phi) is 6.08. The van der Waals surface area contributed by atoms with E-state index in [1.54, 1.807) is 0 Å². The number of thioether (sulfide) groups is 1. The fourth-order valence-corrected chi connectivity index (χ4v) is 4.29. The molecule has 0 radical (unpaired) electrons. The minimum absolute atomic E-state index is 0. The molecule has 1 atom stereocenters. The van der Waals surface area contributed by atoms with Gasteiger partial charge in [0.25, 0.3) is 0 Å². The monoisotopic (exact) mass is 333 g/mol. The van der Waals surface area contributed by atoms with Gasteiger partial charge in [0.15, 0.2) is 5.40 Å². The van der Waals surface area contributed by atoms with Crippen LogP contribution in [0.4, 0.5) is 11.5 Å². The van der Waals surface area contributed by atoms with Crippen molar-refractivity contribution in [1.82, 2.24) is 4.98 Å². The number of aryl methyl sites for hydroxylation is 1. The molecule has 1 saturated heterocycles. The average molecular weight is 334 g/mol. The predicted molar refractivity (Wildman–Crippen MR) is 87.1 cm³/mol. The van der Waals surface area contributed by atoms with Crippen LogP contribution in [0.5, 0.6) is 0 Å². The second-order valence-corrected chi connectivity index (χ2v) is 6.53. The quantitative estimate of drug-likeness (QED) is 0.501. The van der Waals surface area contributed by atoms with Gasteiger partial charge in [-0.1, -0.05) is 11.8 Å². The van der Waals surface area contributed by atoms with Crippen molar-refractivity contribution < 1.29 is 0 Å². The third kappa shape index (κ3) is 3.15. The first kappa shape index (κ1) is 16.9. The van der Waals surface area contributed by atoms with Gasteiger partial charge < -0.3 is 10.6 Å². The molecule has 5 nitrogen and oxygen atoms in total. The van der Waals surface area contributed by atoms with E-state index in [9.17, 15) is 0 Å². The summed E-state index contributed by atoms with van der Waals surface area (Å²) in [7, 11) is 0. The maximum atomic E-state index is 8.87. The number of thiocyanates is 1. The summed E-state index contributed by atoms with van der Waals surface area (Å²) in [5, 5.41) is 11.9. The van der Waals surface area contributed by atoms with Gasteiger partial charge in [0.1, 0.15) is 16.3 Å². The molecule has 0 saturated carbocycles. The molecule has 0 spiro atoms. The van der Waals surface area contributed by atoms with Crippen molar-refractivity contribution >= 4 is 86.6 Å². The number of anilines is 2. The van der Waals surface area contributed by atoms with Gasteiger partial charge in [0, 0.05) is 13.1 Å². The van der Waals surface area contributed by atoms with Gasteiger partial charge in [0.2, 0.25) is 0 Å². The molecule has 1 fully saturated rings. The fourth-order valence-electron chi connectivity index (χ4n) is 2.51. The topological polar surface area (TPSA) is 69.2 Å². The zero-order valence-electron chi connectivity index (χ0n) is 10.7. The Morgan fingerprint density at radius 2 is 2.20 bits per heavy atom. The molecule has 2 N–H and O–H groups in total. The van der Waals surface area contributed by atoms with Crippen molar-refractivity contribution in [3.8, 4) is 5.40 Å². The van der Waals surface area contributed by atoms with Crippen LogP contribution in [0.15, 0.2) is 11.1 Å². The Balaban J connectivity index is 0.00000147. The molecular formula is C12H16KN5S2. The van der Waals surface area contributed by atoms with Crippen LogP contribution in [0.3, 0.4) is 0 Å². The number of hydrogen-bond donors (Lipinski definition) is 1. The van der Waals surface area contributed by atoms with Crippen molar-refractivity contribution in [2.45, 2.75) is 30.3 Å². The molecule has 20 heavy (non-hydrogen) atoms.